The molecule has 1 aromatic heterocycles. The van der Waals surface area contributed by atoms with Crippen molar-refractivity contribution in [1.29, 1.82) is 5.26 Å². The minimum absolute atomic E-state index is 0.299. The van der Waals surface area contributed by atoms with Crippen molar-refractivity contribution < 1.29 is 14.3 Å². The average Bonchev–Trinajstić information content (AvgIpc) is 2.74. The summed E-state index contributed by atoms with van der Waals surface area (Å²) < 4.78 is 4.78. The highest BCUT2D eigenvalue weighted by molar-refractivity contribution is 6.05. The SMILES string of the molecule is COC(=O)c1ccccc1Nc1cncc(C(=O)Nc2ccccc2C#N)c1. The minimum Gasteiger partial charge on any atom is -0.465 e. The Balaban J connectivity index is 1.83. The Labute approximate surface area is 161 Å². The first kappa shape index (κ1) is 18.6. The van der Waals surface area contributed by atoms with E-state index in [9.17, 15) is 9.59 Å². The molecule has 0 saturated heterocycles. The lowest BCUT2D eigenvalue weighted by molar-refractivity contribution is 0.0601. The van der Waals surface area contributed by atoms with Crippen molar-refractivity contribution in [2.45, 2.75) is 0 Å². The molecule has 3 aromatic rings. The maximum atomic E-state index is 12.5. The van der Waals surface area contributed by atoms with Gasteiger partial charge in [0.05, 0.1) is 47.1 Å². The molecule has 3 rings (SSSR count). The van der Waals surface area contributed by atoms with Gasteiger partial charge in [0.2, 0.25) is 0 Å². The summed E-state index contributed by atoms with van der Waals surface area (Å²) in [5.41, 5.74) is 2.51. The highest BCUT2D eigenvalue weighted by Crippen LogP contribution is 2.22. The monoisotopic (exact) mass is 372 g/mol. The molecule has 7 nitrogen and oxygen atoms in total. The summed E-state index contributed by atoms with van der Waals surface area (Å²) >= 11 is 0. The number of nitrogens with one attached hydrogen (secondary N) is 2. The van der Waals surface area contributed by atoms with E-state index in [2.05, 4.69) is 15.6 Å². The largest absolute Gasteiger partial charge is 0.465 e. The van der Waals surface area contributed by atoms with Crippen LogP contribution in [-0.4, -0.2) is 24.0 Å². The predicted molar refractivity (Wildman–Crippen MR) is 104 cm³/mol. The third kappa shape index (κ3) is 4.14. The van der Waals surface area contributed by atoms with Crippen molar-refractivity contribution in [3.05, 3.63) is 83.7 Å². The zero-order valence-electron chi connectivity index (χ0n) is 15.0. The summed E-state index contributed by atoms with van der Waals surface area (Å²) in [6.07, 6.45) is 2.95. The van der Waals surface area contributed by atoms with Gasteiger partial charge in [-0.05, 0) is 30.3 Å². The Kier molecular flexibility index (Phi) is 5.63. The Bertz CT molecular complexity index is 1070. The van der Waals surface area contributed by atoms with Crippen LogP contribution in [0.4, 0.5) is 17.1 Å². The molecule has 28 heavy (non-hydrogen) atoms. The van der Waals surface area contributed by atoms with Gasteiger partial charge < -0.3 is 15.4 Å². The summed E-state index contributed by atoms with van der Waals surface area (Å²) in [6.45, 7) is 0. The molecule has 138 valence electrons. The van der Waals surface area contributed by atoms with Crippen molar-refractivity contribution in [2.75, 3.05) is 17.7 Å². The van der Waals surface area contributed by atoms with Gasteiger partial charge in [-0.2, -0.15) is 5.26 Å². The van der Waals surface area contributed by atoms with Crippen molar-refractivity contribution in [3.63, 3.8) is 0 Å². The van der Waals surface area contributed by atoms with E-state index in [0.29, 0.717) is 33.8 Å². The van der Waals surface area contributed by atoms with Crippen LogP contribution in [0.25, 0.3) is 0 Å². The van der Waals surface area contributed by atoms with Crippen LogP contribution in [0.1, 0.15) is 26.3 Å². The van der Waals surface area contributed by atoms with Gasteiger partial charge in [0, 0.05) is 6.20 Å². The molecule has 2 N–H and O–H groups in total. The van der Waals surface area contributed by atoms with Gasteiger partial charge in [-0.3, -0.25) is 9.78 Å². The third-order valence-corrected chi connectivity index (χ3v) is 3.91. The molecule has 0 radical (unpaired) electrons. The van der Waals surface area contributed by atoms with Crippen LogP contribution >= 0.6 is 0 Å². The number of rotatable bonds is 5. The Morgan fingerprint density at radius 1 is 1.04 bits per heavy atom. The summed E-state index contributed by atoms with van der Waals surface area (Å²) in [5.74, 6) is -0.877. The molecule has 0 aliphatic rings. The first-order valence-electron chi connectivity index (χ1n) is 8.32. The van der Waals surface area contributed by atoms with E-state index in [-0.39, 0.29) is 0 Å². The second-order valence-corrected chi connectivity index (χ2v) is 5.74. The van der Waals surface area contributed by atoms with Crippen LogP contribution in [0.2, 0.25) is 0 Å². The first-order valence-corrected chi connectivity index (χ1v) is 8.32. The van der Waals surface area contributed by atoms with Gasteiger partial charge in [-0.15, -0.1) is 0 Å². The average molecular weight is 372 g/mol. The fraction of sp³-hybridized carbons (Fsp3) is 0.0476. The number of hydrogen-bond donors (Lipinski definition) is 2. The van der Waals surface area contributed by atoms with Gasteiger partial charge in [0.15, 0.2) is 0 Å². The molecular formula is C21H16N4O3. The molecule has 0 saturated carbocycles. The maximum Gasteiger partial charge on any atom is 0.339 e. The number of methoxy groups -OCH3 is 1. The minimum atomic E-state index is -0.474. The molecule has 0 spiro atoms. The number of carbonyl (C=O) groups is 2. The van der Waals surface area contributed by atoms with Gasteiger partial charge in [-0.25, -0.2) is 4.79 Å². The summed E-state index contributed by atoms with van der Waals surface area (Å²) in [4.78, 5) is 28.5. The van der Waals surface area contributed by atoms with E-state index in [4.69, 9.17) is 10.00 Å². The van der Waals surface area contributed by atoms with Crippen LogP contribution in [0.3, 0.4) is 0 Å². The molecule has 7 heteroatoms. The van der Waals surface area contributed by atoms with E-state index in [1.165, 1.54) is 19.5 Å². The Morgan fingerprint density at radius 2 is 1.75 bits per heavy atom. The van der Waals surface area contributed by atoms with Crippen molar-refractivity contribution in [3.8, 4) is 6.07 Å². The number of anilines is 3. The van der Waals surface area contributed by atoms with E-state index < -0.39 is 11.9 Å². The lowest BCUT2D eigenvalue weighted by Gasteiger charge is -2.12. The van der Waals surface area contributed by atoms with E-state index in [1.54, 1.807) is 54.6 Å². The topological polar surface area (TPSA) is 104 Å². The predicted octanol–water partition coefficient (Wildman–Crippen LogP) is 3.74. The number of pyridine rings is 1. The molecule has 0 atom stereocenters. The molecule has 1 amide bonds. The zero-order chi connectivity index (χ0) is 19.9. The number of nitriles is 1. The molecule has 2 aromatic carbocycles. The third-order valence-electron chi connectivity index (χ3n) is 3.91. The summed E-state index contributed by atoms with van der Waals surface area (Å²) in [7, 11) is 1.31. The highest BCUT2D eigenvalue weighted by Gasteiger charge is 2.13. The Hall–Kier alpha value is -4.18. The number of carbonyl (C=O) groups excluding carboxylic acids is 2. The van der Waals surface area contributed by atoms with Crippen molar-refractivity contribution in [1.82, 2.24) is 4.98 Å². The molecule has 0 unspecified atom stereocenters. The number of amides is 1. The zero-order valence-corrected chi connectivity index (χ0v) is 15.0. The van der Waals surface area contributed by atoms with E-state index in [1.807, 2.05) is 6.07 Å². The second kappa shape index (κ2) is 8.47. The van der Waals surface area contributed by atoms with Crippen LogP contribution in [-0.2, 0) is 4.74 Å². The van der Waals surface area contributed by atoms with E-state index in [0.717, 1.165) is 0 Å². The Morgan fingerprint density at radius 3 is 2.50 bits per heavy atom. The standard InChI is InChI=1S/C21H16N4O3/c1-28-21(27)17-7-3-5-9-19(17)24-16-10-15(12-23-13-16)20(26)25-18-8-4-2-6-14(18)11-22/h2-10,12-13,24H,1H3,(H,25,26). The number of benzene rings is 2. The fourth-order valence-corrected chi connectivity index (χ4v) is 2.55. The van der Waals surface area contributed by atoms with Crippen molar-refractivity contribution >= 4 is 28.9 Å². The molecule has 0 aliphatic carbocycles. The quantitative estimate of drug-likeness (QED) is 0.661. The molecule has 0 bridgehead atoms. The van der Waals surface area contributed by atoms with Crippen LogP contribution < -0.4 is 10.6 Å². The molecule has 0 aliphatic heterocycles. The number of para-hydroxylation sites is 2. The number of ether oxygens (including phenoxy) is 1. The molecule has 0 fully saturated rings. The molecule has 1 heterocycles. The summed E-state index contributed by atoms with van der Waals surface area (Å²) in [6, 6.07) is 17.2. The number of hydrogen-bond acceptors (Lipinski definition) is 6. The number of nitrogens with zero attached hydrogens (tertiary/aromatic N) is 2. The number of esters is 1. The maximum absolute atomic E-state index is 12.5. The van der Waals surface area contributed by atoms with Crippen LogP contribution in [0.5, 0.6) is 0 Å². The second-order valence-electron chi connectivity index (χ2n) is 5.74. The smallest absolute Gasteiger partial charge is 0.339 e. The van der Waals surface area contributed by atoms with Gasteiger partial charge in [0.1, 0.15) is 6.07 Å². The van der Waals surface area contributed by atoms with Gasteiger partial charge in [0.25, 0.3) is 5.91 Å². The lowest BCUT2D eigenvalue weighted by atomic mass is 10.1. The lowest BCUT2D eigenvalue weighted by Crippen LogP contribution is -2.13. The number of aromatic nitrogens is 1. The molecular weight excluding hydrogens is 356 g/mol. The van der Waals surface area contributed by atoms with Gasteiger partial charge in [-0.1, -0.05) is 24.3 Å². The summed E-state index contributed by atoms with van der Waals surface area (Å²) in [5, 5.41) is 14.9. The fourth-order valence-electron chi connectivity index (χ4n) is 2.55. The van der Waals surface area contributed by atoms with Crippen LogP contribution in [0, 0.1) is 11.3 Å². The van der Waals surface area contributed by atoms with E-state index >= 15 is 0 Å². The van der Waals surface area contributed by atoms with Crippen LogP contribution in [0.15, 0.2) is 67.0 Å². The highest BCUT2D eigenvalue weighted by atomic mass is 16.5. The first-order chi connectivity index (χ1) is 13.6. The van der Waals surface area contributed by atoms with Crippen molar-refractivity contribution in [2.24, 2.45) is 0 Å². The van der Waals surface area contributed by atoms with Gasteiger partial charge >= 0.3 is 5.97 Å². The normalized spacial score (nSPS) is 9.86.